The Kier molecular flexibility index (Phi) is 3.07. The molecule has 0 saturated heterocycles. The fraction of sp³-hybridized carbons (Fsp3) is 0.400. The summed E-state index contributed by atoms with van der Waals surface area (Å²) in [6.07, 6.45) is 1.41. The first-order valence-electron chi connectivity index (χ1n) is 4.45. The predicted molar refractivity (Wildman–Crippen MR) is 54.6 cm³/mol. The average molecular weight is 208 g/mol. The van der Waals surface area contributed by atoms with Crippen LogP contribution in [0.4, 0.5) is 0 Å². The van der Waals surface area contributed by atoms with Gasteiger partial charge >= 0.3 is 0 Å². The van der Waals surface area contributed by atoms with Crippen molar-refractivity contribution in [3.05, 3.63) is 27.7 Å². The van der Waals surface area contributed by atoms with E-state index in [2.05, 4.69) is 4.99 Å². The molecule has 1 heterocycles. The first kappa shape index (κ1) is 11.2. The third-order valence-corrected chi connectivity index (χ3v) is 2.35. The third-order valence-electron chi connectivity index (χ3n) is 2.35. The maximum absolute atomic E-state index is 11.3. The number of aryl methyl sites for hydroxylation is 1. The van der Waals surface area contributed by atoms with Crippen molar-refractivity contribution in [2.75, 3.05) is 0 Å². The number of rotatable bonds is 2. The molecule has 1 rings (SSSR count). The number of aliphatic imine (C=N–C) groups is 1. The quantitative estimate of drug-likeness (QED) is 0.577. The number of nitrogens with zero attached hydrogens (tertiary/aromatic N) is 2. The van der Waals surface area contributed by atoms with E-state index in [9.17, 15) is 14.7 Å². The lowest BCUT2D eigenvalue weighted by Crippen LogP contribution is -2.14. The van der Waals surface area contributed by atoms with E-state index in [-0.39, 0.29) is 5.75 Å². The fourth-order valence-electron chi connectivity index (χ4n) is 1.45. The summed E-state index contributed by atoms with van der Waals surface area (Å²) >= 11 is 0. The average Bonchev–Trinajstić information content (AvgIpc) is 2.16. The van der Waals surface area contributed by atoms with Gasteiger partial charge in [-0.15, -0.1) is 0 Å². The van der Waals surface area contributed by atoms with Gasteiger partial charge < -0.3 is 9.67 Å². The molecule has 0 spiro atoms. The van der Waals surface area contributed by atoms with Gasteiger partial charge in [0.15, 0.2) is 5.75 Å². The van der Waals surface area contributed by atoms with Crippen LogP contribution in [0.2, 0.25) is 0 Å². The number of aromatic nitrogens is 1. The van der Waals surface area contributed by atoms with Crippen LogP contribution in [0.15, 0.2) is 15.9 Å². The van der Waals surface area contributed by atoms with Crippen molar-refractivity contribution in [1.82, 2.24) is 4.57 Å². The molecule has 5 heteroatoms. The van der Waals surface area contributed by atoms with E-state index < -0.39 is 11.5 Å². The van der Waals surface area contributed by atoms with Gasteiger partial charge in [-0.3, -0.25) is 4.79 Å². The van der Waals surface area contributed by atoms with Crippen LogP contribution in [-0.4, -0.2) is 15.8 Å². The highest BCUT2D eigenvalue weighted by molar-refractivity contribution is 5.37. The predicted octanol–water partition coefficient (Wildman–Crippen LogP) is 0.796. The van der Waals surface area contributed by atoms with Crippen molar-refractivity contribution in [2.24, 2.45) is 12.0 Å². The first-order chi connectivity index (χ1) is 6.99. The summed E-state index contributed by atoms with van der Waals surface area (Å²) in [5.74, 6) is -0.366. The van der Waals surface area contributed by atoms with Crippen molar-refractivity contribution >= 4 is 6.08 Å². The van der Waals surface area contributed by atoms with Crippen LogP contribution in [0, 0.1) is 6.92 Å². The van der Waals surface area contributed by atoms with E-state index >= 15 is 0 Å². The van der Waals surface area contributed by atoms with Gasteiger partial charge in [0.05, 0.1) is 5.69 Å². The van der Waals surface area contributed by atoms with Gasteiger partial charge in [-0.25, -0.2) is 4.79 Å². The molecule has 0 amide bonds. The second-order valence-corrected chi connectivity index (χ2v) is 3.34. The normalized spacial score (nSPS) is 11.9. The molecule has 15 heavy (non-hydrogen) atoms. The lowest BCUT2D eigenvalue weighted by molar-refractivity contribution is 0.444. The van der Waals surface area contributed by atoms with Crippen LogP contribution < -0.4 is 5.43 Å². The van der Waals surface area contributed by atoms with Crippen molar-refractivity contribution in [2.45, 2.75) is 19.9 Å². The molecule has 1 unspecified atom stereocenters. The molecule has 80 valence electrons. The lowest BCUT2D eigenvalue weighted by Gasteiger charge is -2.15. The van der Waals surface area contributed by atoms with E-state index in [1.54, 1.807) is 25.5 Å². The summed E-state index contributed by atoms with van der Waals surface area (Å²) in [6.45, 7) is 3.35. The second kappa shape index (κ2) is 4.11. The molecule has 5 nitrogen and oxygen atoms in total. The van der Waals surface area contributed by atoms with Crippen LogP contribution >= 0.6 is 0 Å². The topological polar surface area (TPSA) is 71.7 Å². The highest BCUT2D eigenvalue weighted by Crippen LogP contribution is 2.23. The van der Waals surface area contributed by atoms with E-state index in [1.165, 1.54) is 12.1 Å². The van der Waals surface area contributed by atoms with Gasteiger partial charge in [-0.05, 0) is 13.8 Å². The summed E-state index contributed by atoms with van der Waals surface area (Å²) in [4.78, 5) is 24.9. The Morgan fingerprint density at radius 2 is 2.20 bits per heavy atom. The summed E-state index contributed by atoms with van der Waals surface area (Å²) in [7, 11) is 1.70. The van der Waals surface area contributed by atoms with Gasteiger partial charge in [0.25, 0.3) is 0 Å². The number of isocyanates is 1. The maximum atomic E-state index is 11.3. The Morgan fingerprint density at radius 3 is 2.73 bits per heavy atom. The molecule has 0 fully saturated rings. The van der Waals surface area contributed by atoms with Crippen molar-refractivity contribution in [3.8, 4) is 5.75 Å². The Hall–Kier alpha value is -1.87. The van der Waals surface area contributed by atoms with Crippen molar-refractivity contribution in [3.63, 3.8) is 0 Å². The minimum atomic E-state index is -0.583. The molecule has 0 saturated carbocycles. The largest absolute Gasteiger partial charge is 0.503 e. The lowest BCUT2D eigenvalue weighted by atomic mass is 10.1. The SMILES string of the molecule is Cc1cc(=O)c(O)c(C(C)N=C=O)n1C. The zero-order valence-corrected chi connectivity index (χ0v) is 8.81. The third kappa shape index (κ3) is 1.97. The maximum Gasteiger partial charge on any atom is 0.235 e. The zero-order chi connectivity index (χ0) is 11.6. The summed E-state index contributed by atoms with van der Waals surface area (Å²) in [5, 5.41) is 9.58. The zero-order valence-electron chi connectivity index (χ0n) is 8.81. The first-order valence-corrected chi connectivity index (χ1v) is 4.45. The summed E-state index contributed by atoms with van der Waals surface area (Å²) in [6, 6.07) is 0.746. The molecule has 1 aromatic rings. The van der Waals surface area contributed by atoms with Gasteiger partial charge in [0, 0.05) is 18.8 Å². The number of aromatic hydroxyl groups is 1. The number of pyridine rings is 1. The van der Waals surface area contributed by atoms with Crippen LogP contribution in [0.1, 0.15) is 24.4 Å². The van der Waals surface area contributed by atoms with Gasteiger partial charge in [0.2, 0.25) is 11.5 Å². The molecule has 0 aliphatic heterocycles. The molecule has 0 bridgehead atoms. The minimum absolute atomic E-state index is 0.323. The Morgan fingerprint density at radius 1 is 1.60 bits per heavy atom. The minimum Gasteiger partial charge on any atom is -0.503 e. The molecule has 0 radical (unpaired) electrons. The Balaban J connectivity index is 3.52. The smallest absolute Gasteiger partial charge is 0.235 e. The molecule has 0 aliphatic rings. The molecule has 0 aliphatic carbocycles. The highest BCUT2D eigenvalue weighted by Gasteiger charge is 2.16. The van der Waals surface area contributed by atoms with Crippen molar-refractivity contribution in [1.29, 1.82) is 0 Å². The van der Waals surface area contributed by atoms with Gasteiger partial charge in [0.1, 0.15) is 6.04 Å². The Labute approximate surface area is 86.7 Å². The van der Waals surface area contributed by atoms with Crippen LogP contribution in [-0.2, 0) is 11.8 Å². The molecule has 0 aromatic carbocycles. The molecular formula is C10H12N2O3. The summed E-state index contributed by atoms with van der Waals surface area (Å²) < 4.78 is 1.63. The standard InChI is InChI=1S/C10H12N2O3/c1-6-4-8(14)10(15)9(12(6)3)7(2)11-5-13/h4,7,15H,1-3H3. The van der Waals surface area contributed by atoms with E-state index in [0.29, 0.717) is 11.4 Å². The van der Waals surface area contributed by atoms with Gasteiger partial charge in [-0.2, -0.15) is 4.99 Å². The van der Waals surface area contributed by atoms with E-state index in [0.717, 1.165) is 0 Å². The molecule has 1 atom stereocenters. The molecule has 1 aromatic heterocycles. The van der Waals surface area contributed by atoms with E-state index in [4.69, 9.17) is 0 Å². The molecular weight excluding hydrogens is 196 g/mol. The number of hydrogen-bond acceptors (Lipinski definition) is 4. The second-order valence-electron chi connectivity index (χ2n) is 3.34. The van der Waals surface area contributed by atoms with E-state index in [1.807, 2.05) is 0 Å². The Bertz CT molecular complexity index is 484. The fourth-order valence-corrected chi connectivity index (χ4v) is 1.45. The van der Waals surface area contributed by atoms with Crippen LogP contribution in [0.5, 0.6) is 5.75 Å². The number of hydrogen-bond donors (Lipinski definition) is 1. The number of carbonyl (C=O) groups excluding carboxylic acids is 1. The summed E-state index contributed by atoms with van der Waals surface area (Å²) in [5.41, 5.74) is 0.553. The highest BCUT2D eigenvalue weighted by atomic mass is 16.3. The molecule has 1 N–H and O–H groups in total. The van der Waals surface area contributed by atoms with Crippen LogP contribution in [0.25, 0.3) is 0 Å². The van der Waals surface area contributed by atoms with Crippen molar-refractivity contribution < 1.29 is 9.90 Å². The monoisotopic (exact) mass is 208 g/mol. The van der Waals surface area contributed by atoms with Crippen LogP contribution in [0.3, 0.4) is 0 Å². The van der Waals surface area contributed by atoms with Gasteiger partial charge in [-0.1, -0.05) is 0 Å².